The lowest BCUT2D eigenvalue weighted by Gasteiger charge is -2.36. The molecular weight excluding hydrogens is 230 g/mol. The van der Waals surface area contributed by atoms with Crippen LogP contribution in [0.1, 0.15) is 63.6 Å². The maximum Gasteiger partial charge on any atom is 0.0379 e. The molecule has 1 aromatic rings. The number of benzene rings is 1. The Morgan fingerprint density at radius 2 is 1.95 bits per heavy atom. The number of hydrogen-bond acceptors (Lipinski definition) is 1. The lowest BCUT2D eigenvalue weighted by Crippen LogP contribution is -2.40. The van der Waals surface area contributed by atoms with Crippen LogP contribution in [0.3, 0.4) is 0 Å². The van der Waals surface area contributed by atoms with Crippen molar-refractivity contribution < 1.29 is 0 Å². The van der Waals surface area contributed by atoms with E-state index in [1.165, 1.54) is 32.1 Å². The topological polar surface area (TPSA) is 12.0 Å². The molecule has 1 fully saturated rings. The van der Waals surface area contributed by atoms with Gasteiger partial charge in [0.25, 0.3) is 0 Å². The minimum Gasteiger partial charge on any atom is -0.307 e. The molecule has 3 unspecified atom stereocenters. The molecule has 1 aromatic carbocycles. The van der Waals surface area contributed by atoms with Crippen molar-refractivity contribution in [3.63, 3.8) is 0 Å². The van der Waals surface area contributed by atoms with Crippen molar-refractivity contribution in [3.8, 4) is 0 Å². The molecule has 0 aliphatic heterocycles. The van der Waals surface area contributed by atoms with E-state index in [0.717, 1.165) is 12.0 Å². The highest BCUT2D eigenvalue weighted by molar-refractivity contribution is 5.37. The normalized spacial score (nSPS) is 33.1. The highest BCUT2D eigenvalue weighted by Crippen LogP contribution is 2.45. The second-order valence-corrected chi connectivity index (χ2v) is 7.43. The largest absolute Gasteiger partial charge is 0.307 e. The van der Waals surface area contributed by atoms with E-state index in [1.54, 1.807) is 11.1 Å². The van der Waals surface area contributed by atoms with Crippen molar-refractivity contribution in [2.45, 2.75) is 65.0 Å². The second kappa shape index (κ2) is 4.94. The average molecular weight is 257 g/mol. The SMILES string of the molecule is CC1CCCC(NC2c3ccccc3CC2(C)C)C1. The fourth-order valence-corrected chi connectivity index (χ4v) is 4.13. The lowest BCUT2D eigenvalue weighted by atomic mass is 9.82. The maximum atomic E-state index is 3.99. The highest BCUT2D eigenvalue weighted by atomic mass is 15.0. The van der Waals surface area contributed by atoms with Crippen LogP contribution in [-0.4, -0.2) is 6.04 Å². The molecule has 1 heteroatoms. The lowest BCUT2D eigenvalue weighted by molar-refractivity contribution is 0.208. The summed E-state index contributed by atoms with van der Waals surface area (Å²) in [6, 6.07) is 10.3. The molecule has 0 spiro atoms. The van der Waals surface area contributed by atoms with Crippen molar-refractivity contribution in [1.29, 1.82) is 0 Å². The van der Waals surface area contributed by atoms with Gasteiger partial charge in [0.2, 0.25) is 0 Å². The fourth-order valence-electron chi connectivity index (χ4n) is 4.13. The first-order chi connectivity index (χ1) is 9.06. The summed E-state index contributed by atoms with van der Waals surface area (Å²) in [6.45, 7) is 7.23. The Hall–Kier alpha value is -0.820. The van der Waals surface area contributed by atoms with Gasteiger partial charge in [-0.2, -0.15) is 0 Å². The summed E-state index contributed by atoms with van der Waals surface area (Å²) in [7, 11) is 0. The Bertz CT molecular complexity index is 449. The van der Waals surface area contributed by atoms with Crippen LogP contribution in [-0.2, 0) is 6.42 Å². The van der Waals surface area contributed by atoms with Gasteiger partial charge in [-0.3, -0.25) is 0 Å². The van der Waals surface area contributed by atoms with Gasteiger partial charge in [0, 0.05) is 12.1 Å². The van der Waals surface area contributed by atoms with E-state index in [4.69, 9.17) is 0 Å². The molecule has 0 saturated heterocycles. The Morgan fingerprint density at radius 1 is 1.16 bits per heavy atom. The Kier molecular flexibility index (Phi) is 3.42. The van der Waals surface area contributed by atoms with Crippen molar-refractivity contribution in [3.05, 3.63) is 35.4 Å². The van der Waals surface area contributed by atoms with Crippen molar-refractivity contribution in [1.82, 2.24) is 5.32 Å². The molecular formula is C18H27N. The Morgan fingerprint density at radius 3 is 2.74 bits per heavy atom. The van der Waals surface area contributed by atoms with E-state index in [-0.39, 0.29) is 0 Å². The van der Waals surface area contributed by atoms with Crippen LogP contribution in [0.25, 0.3) is 0 Å². The molecule has 1 nitrogen and oxygen atoms in total. The van der Waals surface area contributed by atoms with Crippen LogP contribution < -0.4 is 5.32 Å². The molecule has 104 valence electrons. The molecule has 0 radical (unpaired) electrons. The Labute approximate surface area is 117 Å². The van der Waals surface area contributed by atoms with Crippen LogP contribution in [0.15, 0.2) is 24.3 Å². The maximum absolute atomic E-state index is 3.99. The van der Waals surface area contributed by atoms with Crippen LogP contribution in [0.2, 0.25) is 0 Å². The minimum atomic E-state index is 0.352. The van der Waals surface area contributed by atoms with Crippen LogP contribution in [0, 0.1) is 11.3 Å². The van der Waals surface area contributed by atoms with Gasteiger partial charge in [-0.1, -0.05) is 57.9 Å². The molecule has 3 atom stereocenters. The number of rotatable bonds is 2. The third-order valence-corrected chi connectivity index (χ3v) is 5.13. The van der Waals surface area contributed by atoms with E-state index >= 15 is 0 Å². The zero-order valence-electron chi connectivity index (χ0n) is 12.6. The molecule has 0 aromatic heterocycles. The highest BCUT2D eigenvalue weighted by Gasteiger charge is 2.39. The summed E-state index contributed by atoms with van der Waals surface area (Å²) in [5, 5.41) is 3.99. The van der Waals surface area contributed by atoms with Crippen molar-refractivity contribution in [2.75, 3.05) is 0 Å². The van der Waals surface area contributed by atoms with E-state index in [0.29, 0.717) is 11.5 Å². The first kappa shape index (κ1) is 13.2. The van der Waals surface area contributed by atoms with Gasteiger partial charge >= 0.3 is 0 Å². The third kappa shape index (κ3) is 2.58. The van der Waals surface area contributed by atoms with Crippen LogP contribution >= 0.6 is 0 Å². The predicted molar refractivity (Wildman–Crippen MR) is 81.2 cm³/mol. The summed E-state index contributed by atoms with van der Waals surface area (Å²) in [4.78, 5) is 0. The molecule has 3 rings (SSSR count). The fraction of sp³-hybridized carbons (Fsp3) is 0.667. The molecule has 19 heavy (non-hydrogen) atoms. The van der Waals surface area contributed by atoms with E-state index in [9.17, 15) is 0 Å². The standard InChI is InChI=1S/C18H27N/c1-13-7-6-9-15(11-13)19-17-16-10-5-4-8-14(16)12-18(17,2)3/h4-5,8,10,13,15,17,19H,6-7,9,11-12H2,1-3H3. The molecule has 0 amide bonds. The van der Waals surface area contributed by atoms with E-state index in [1.807, 2.05) is 0 Å². The van der Waals surface area contributed by atoms with E-state index < -0.39 is 0 Å². The van der Waals surface area contributed by atoms with Gasteiger partial charge < -0.3 is 5.32 Å². The molecule has 1 saturated carbocycles. The van der Waals surface area contributed by atoms with Crippen LogP contribution in [0.5, 0.6) is 0 Å². The number of hydrogen-bond donors (Lipinski definition) is 1. The quantitative estimate of drug-likeness (QED) is 0.823. The summed E-state index contributed by atoms with van der Waals surface area (Å²) < 4.78 is 0. The Balaban J connectivity index is 1.79. The first-order valence-electron chi connectivity index (χ1n) is 7.90. The number of fused-ring (bicyclic) bond motifs is 1. The first-order valence-corrected chi connectivity index (χ1v) is 7.90. The van der Waals surface area contributed by atoms with Gasteiger partial charge in [-0.05, 0) is 41.7 Å². The summed E-state index contributed by atoms with van der Waals surface area (Å²) in [6.07, 6.45) is 6.74. The second-order valence-electron chi connectivity index (χ2n) is 7.43. The predicted octanol–water partition coefficient (Wildman–Crippen LogP) is 4.48. The number of nitrogens with one attached hydrogen (secondary N) is 1. The average Bonchev–Trinajstić information content (AvgIpc) is 2.61. The van der Waals surface area contributed by atoms with Gasteiger partial charge in [-0.15, -0.1) is 0 Å². The van der Waals surface area contributed by atoms with Gasteiger partial charge in [-0.25, -0.2) is 0 Å². The molecule has 2 aliphatic rings. The zero-order valence-corrected chi connectivity index (χ0v) is 12.6. The van der Waals surface area contributed by atoms with Gasteiger partial charge in [0.1, 0.15) is 0 Å². The van der Waals surface area contributed by atoms with Gasteiger partial charge in [0.15, 0.2) is 0 Å². The molecule has 0 heterocycles. The summed E-state index contributed by atoms with van der Waals surface area (Å²) in [5.41, 5.74) is 3.45. The van der Waals surface area contributed by atoms with E-state index in [2.05, 4.69) is 50.4 Å². The minimum absolute atomic E-state index is 0.352. The zero-order chi connectivity index (χ0) is 13.5. The third-order valence-electron chi connectivity index (χ3n) is 5.13. The molecule has 0 bridgehead atoms. The van der Waals surface area contributed by atoms with Gasteiger partial charge in [0.05, 0.1) is 0 Å². The summed E-state index contributed by atoms with van der Waals surface area (Å²) >= 11 is 0. The summed E-state index contributed by atoms with van der Waals surface area (Å²) in [5.74, 6) is 0.894. The van der Waals surface area contributed by atoms with Crippen LogP contribution in [0.4, 0.5) is 0 Å². The van der Waals surface area contributed by atoms with Crippen molar-refractivity contribution in [2.24, 2.45) is 11.3 Å². The molecule has 1 N–H and O–H groups in total. The monoisotopic (exact) mass is 257 g/mol. The molecule has 2 aliphatic carbocycles. The van der Waals surface area contributed by atoms with Crippen molar-refractivity contribution >= 4 is 0 Å². The smallest absolute Gasteiger partial charge is 0.0379 e.